The summed E-state index contributed by atoms with van der Waals surface area (Å²) < 4.78 is 5.11. The standard InChI is InChI=1S/C13H22N2O5/c1-20-8-9-2-4-14(5-3-9)13(19)15-7-10(16)6-11(15)12(17)18/h9-11,16H,2-8H2,1H3,(H,17,18)/t10-,11-/m0/s1. The maximum atomic E-state index is 12.4. The van der Waals surface area contributed by atoms with Gasteiger partial charge in [0.2, 0.25) is 0 Å². The van der Waals surface area contributed by atoms with Gasteiger partial charge in [-0.2, -0.15) is 0 Å². The Morgan fingerprint density at radius 2 is 1.95 bits per heavy atom. The summed E-state index contributed by atoms with van der Waals surface area (Å²) in [5, 5.41) is 18.7. The SMILES string of the molecule is COCC1CCN(C(=O)N2C[C@@H](O)C[C@H]2C(=O)O)CC1. The highest BCUT2D eigenvalue weighted by atomic mass is 16.5. The van der Waals surface area contributed by atoms with Gasteiger partial charge in [-0.1, -0.05) is 0 Å². The molecule has 2 aliphatic heterocycles. The molecule has 0 aliphatic carbocycles. The number of piperidine rings is 1. The van der Waals surface area contributed by atoms with E-state index >= 15 is 0 Å². The minimum Gasteiger partial charge on any atom is -0.480 e. The molecule has 0 saturated carbocycles. The molecule has 2 N–H and O–H groups in total. The Balaban J connectivity index is 1.93. The van der Waals surface area contributed by atoms with Crippen LogP contribution in [0.2, 0.25) is 0 Å². The summed E-state index contributed by atoms with van der Waals surface area (Å²) in [6, 6.07) is -1.18. The number of hydrogen-bond acceptors (Lipinski definition) is 4. The van der Waals surface area contributed by atoms with Gasteiger partial charge < -0.3 is 24.7 Å². The minimum absolute atomic E-state index is 0.105. The Morgan fingerprint density at radius 3 is 2.50 bits per heavy atom. The molecular weight excluding hydrogens is 264 g/mol. The number of aliphatic hydroxyl groups is 1. The van der Waals surface area contributed by atoms with Crippen LogP contribution in [0.25, 0.3) is 0 Å². The maximum Gasteiger partial charge on any atom is 0.326 e. The molecule has 2 amide bonds. The number of carbonyl (C=O) groups excluding carboxylic acids is 1. The maximum absolute atomic E-state index is 12.4. The molecule has 0 radical (unpaired) electrons. The number of carboxylic acids is 1. The first-order chi connectivity index (χ1) is 9.52. The fraction of sp³-hybridized carbons (Fsp3) is 0.846. The van der Waals surface area contributed by atoms with Gasteiger partial charge in [-0.25, -0.2) is 9.59 Å². The van der Waals surface area contributed by atoms with Crippen molar-refractivity contribution >= 4 is 12.0 Å². The highest BCUT2D eigenvalue weighted by Gasteiger charge is 2.41. The van der Waals surface area contributed by atoms with Crippen LogP contribution in [-0.4, -0.2) is 77.5 Å². The van der Waals surface area contributed by atoms with Crippen molar-refractivity contribution in [2.75, 3.05) is 33.4 Å². The van der Waals surface area contributed by atoms with Crippen LogP contribution in [0.1, 0.15) is 19.3 Å². The molecule has 2 heterocycles. The number of urea groups is 1. The number of methoxy groups -OCH3 is 1. The molecule has 0 aromatic rings. The van der Waals surface area contributed by atoms with Gasteiger partial charge in [-0.15, -0.1) is 0 Å². The number of amides is 2. The second-order valence-corrected chi connectivity index (χ2v) is 5.56. The van der Waals surface area contributed by atoms with Crippen LogP contribution in [0.5, 0.6) is 0 Å². The van der Waals surface area contributed by atoms with Crippen molar-refractivity contribution in [3.05, 3.63) is 0 Å². The van der Waals surface area contributed by atoms with Crippen molar-refractivity contribution in [1.82, 2.24) is 9.80 Å². The number of nitrogens with zero attached hydrogens (tertiary/aromatic N) is 2. The number of aliphatic carboxylic acids is 1. The molecule has 0 bridgehead atoms. The van der Waals surface area contributed by atoms with E-state index in [0.29, 0.717) is 25.6 Å². The predicted octanol–water partition coefficient (Wildman–Crippen LogP) is -0.0154. The first-order valence-electron chi connectivity index (χ1n) is 6.98. The Kier molecular flexibility index (Phi) is 4.82. The summed E-state index contributed by atoms with van der Waals surface area (Å²) in [4.78, 5) is 26.5. The summed E-state index contributed by atoms with van der Waals surface area (Å²) >= 11 is 0. The van der Waals surface area contributed by atoms with E-state index < -0.39 is 18.1 Å². The van der Waals surface area contributed by atoms with Crippen LogP contribution in [0, 0.1) is 5.92 Å². The topological polar surface area (TPSA) is 90.3 Å². The fourth-order valence-corrected chi connectivity index (χ4v) is 2.97. The minimum atomic E-state index is -1.05. The molecule has 0 spiro atoms. The lowest BCUT2D eigenvalue weighted by Gasteiger charge is -2.35. The summed E-state index contributed by atoms with van der Waals surface area (Å²) in [6.07, 6.45) is 1.11. The Hall–Kier alpha value is -1.34. The molecule has 0 unspecified atom stereocenters. The molecule has 7 heteroatoms. The van der Waals surface area contributed by atoms with Crippen molar-refractivity contribution in [2.45, 2.75) is 31.4 Å². The van der Waals surface area contributed by atoms with E-state index in [-0.39, 0.29) is 19.0 Å². The highest BCUT2D eigenvalue weighted by Crippen LogP contribution is 2.23. The number of β-amino-alcohol motifs (C(OH)–C–C–N with tert-alkyl or cyclic N) is 1. The zero-order valence-corrected chi connectivity index (χ0v) is 11.7. The second-order valence-electron chi connectivity index (χ2n) is 5.56. The number of rotatable bonds is 3. The second kappa shape index (κ2) is 6.41. The van der Waals surface area contributed by atoms with Crippen molar-refractivity contribution < 1.29 is 24.5 Å². The lowest BCUT2D eigenvalue weighted by Crippen LogP contribution is -2.50. The number of carboxylic acid groups (broad SMARTS) is 1. The summed E-state index contributed by atoms with van der Waals surface area (Å²) in [5.74, 6) is -0.590. The summed E-state index contributed by atoms with van der Waals surface area (Å²) in [5.41, 5.74) is 0. The van der Waals surface area contributed by atoms with E-state index in [1.807, 2.05) is 0 Å². The van der Waals surface area contributed by atoms with E-state index in [1.165, 1.54) is 4.90 Å². The Bertz CT molecular complexity index is 368. The van der Waals surface area contributed by atoms with Gasteiger partial charge in [0.15, 0.2) is 0 Å². The van der Waals surface area contributed by atoms with Crippen molar-refractivity contribution in [1.29, 1.82) is 0 Å². The first-order valence-corrected chi connectivity index (χ1v) is 6.98. The number of carbonyl (C=O) groups is 2. The monoisotopic (exact) mass is 286 g/mol. The molecule has 2 rings (SSSR count). The van der Waals surface area contributed by atoms with Crippen LogP contribution in [0.4, 0.5) is 4.79 Å². The third-order valence-corrected chi connectivity index (χ3v) is 4.10. The highest BCUT2D eigenvalue weighted by molar-refractivity contribution is 5.83. The third kappa shape index (κ3) is 3.21. The van der Waals surface area contributed by atoms with E-state index in [0.717, 1.165) is 12.8 Å². The van der Waals surface area contributed by atoms with Crippen molar-refractivity contribution in [2.24, 2.45) is 5.92 Å². The zero-order valence-electron chi connectivity index (χ0n) is 11.7. The molecule has 0 aromatic heterocycles. The van der Waals surface area contributed by atoms with E-state index in [9.17, 15) is 14.7 Å². The smallest absolute Gasteiger partial charge is 0.326 e. The third-order valence-electron chi connectivity index (χ3n) is 4.10. The van der Waals surface area contributed by atoms with Gasteiger partial charge in [0.25, 0.3) is 0 Å². The van der Waals surface area contributed by atoms with Gasteiger partial charge in [-0.3, -0.25) is 0 Å². The van der Waals surface area contributed by atoms with E-state index in [2.05, 4.69) is 0 Å². The lowest BCUT2D eigenvalue weighted by molar-refractivity contribution is -0.141. The molecule has 2 fully saturated rings. The molecule has 114 valence electrons. The van der Waals surface area contributed by atoms with Gasteiger partial charge in [0, 0.05) is 39.8 Å². The Labute approximate surface area is 118 Å². The average molecular weight is 286 g/mol. The number of ether oxygens (including phenoxy) is 1. The van der Waals surface area contributed by atoms with Gasteiger partial charge in [-0.05, 0) is 18.8 Å². The van der Waals surface area contributed by atoms with Gasteiger partial charge in [0.05, 0.1) is 6.10 Å². The lowest BCUT2D eigenvalue weighted by atomic mass is 9.98. The molecule has 2 saturated heterocycles. The largest absolute Gasteiger partial charge is 0.480 e. The van der Waals surface area contributed by atoms with Crippen LogP contribution in [-0.2, 0) is 9.53 Å². The number of aliphatic hydroxyl groups excluding tert-OH is 1. The van der Waals surface area contributed by atoms with E-state index in [1.54, 1.807) is 12.0 Å². The molecule has 2 atom stereocenters. The summed E-state index contributed by atoms with van der Waals surface area (Å²) in [6.45, 7) is 2.04. The van der Waals surface area contributed by atoms with Crippen LogP contribution in [0.15, 0.2) is 0 Å². The Morgan fingerprint density at radius 1 is 1.30 bits per heavy atom. The fourth-order valence-electron chi connectivity index (χ4n) is 2.97. The van der Waals surface area contributed by atoms with Crippen molar-refractivity contribution in [3.63, 3.8) is 0 Å². The molecule has 2 aliphatic rings. The average Bonchev–Trinajstić information content (AvgIpc) is 2.81. The van der Waals surface area contributed by atoms with Crippen LogP contribution < -0.4 is 0 Å². The van der Waals surface area contributed by atoms with Crippen LogP contribution >= 0.6 is 0 Å². The van der Waals surface area contributed by atoms with Crippen molar-refractivity contribution in [3.8, 4) is 0 Å². The zero-order chi connectivity index (χ0) is 14.7. The van der Waals surface area contributed by atoms with Crippen LogP contribution in [0.3, 0.4) is 0 Å². The summed E-state index contributed by atoms with van der Waals surface area (Å²) in [7, 11) is 1.67. The predicted molar refractivity (Wildman–Crippen MR) is 70.3 cm³/mol. The normalized spacial score (nSPS) is 27.9. The quantitative estimate of drug-likeness (QED) is 0.761. The molecule has 20 heavy (non-hydrogen) atoms. The van der Waals surface area contributed by atoms with Gasteiger partial charge >= 0.3 is 12.0 Å². The first kappa shape index (κ1) is 15.1. The number of hydrogen-bond donors (Lipinski definition) is 2. The van der Waals surface area contributed by atoms with Gasteiger partial charge in [0.1, 0.15) is 6.04 Å². The van der Waals surface area contributed by atoms with E-state index in [4.69, 9.17) is 9.84 Å². The molecule has 7 nitrogen and oxygen atoms in total. The number of likely N-dealkylation sites (tertiary alicyclic amines) is 2. The molecule has 0 aromatic carbocycles. The molecular formula is C13H22N2O5.